The molecule has 0 aromatic heterocycles. The van der Waals surface area contributed by atoms with Crippen LogP contribution in [0.15, 0.2) is 53.4 Å². The van der Waals surface area contributed by atoms with Gasteiger partial charge in [0.15, 0.2) is 0 Å². The minimum Gasteiger partial charge on any atom is -0.396 e. The van der Waals surface area contributed by atoms with Crippen LogP contribution in [0.4, 0.5) is 5.69 Å². The Morgan fingerprint density at radius 1 is 1.10 bits per heavy atom. The average molecular weight is 303 g/mol. The van der Waals surface area contributed by atoms with Crippen LogP contribution < -0.4 is 5.32 Å². The third-order valence-corrected chi connectivity index (χ3v) is 4.00. The van der Waals surface area contributed by atoms with Gasteiger partial charge in [0.05, 0.1) is 0 Å². The molecule has 0 fully saturated rings. The van der Waals surface area contributed by atoms with Crippen molar-refractivity contribution in [2.75, 3.05) is 18.2 Å². The van der Waals surface area contributed by atoms with Crippen LogP contribution in [0.25, 0.3) is 0 Å². The summed E-state index contributed by atoms with van der Waals surface area (Å²) in [6.45, 7) is 0.108. The maximum Gasteiger partial charge on any atom is 0.255 e. The standard InChI is InChI=1S/C16H17NO3S/c1-21(20)15-8-4-13(5-9-15)16(19)17-14-6-2-12(3-7-14)10-11-18/h2-9,18H,10-11H2,1H3,(H,17,19). The second-order valence-corrected chi connectivity index (χ2v) is 5.98. The highest BCUT2D eigenvalue weighted by Crippen LogP contribution is 2.13. The Labute approximate surface area is 126 Å². The topological polar surface area (TPSA) is 66.4 Å². The number of hydrogen-bond acceptors (Lipinski definition) is 3. The summed E-state index contributed by atoms with van der Waals surface area (Å²) < 4.78 is 11.3. The Morgan fingerprint density at radius 2 is 1.71 bits per heavy atom. The van der Waals surface area contributed by atoms with Gasteiger partial charge in [0.1, 0.15) is 0 Å². The molecule has 0 aliphatic heterocycles. The van der Waals surface area contributed by atoms with Gasteiger partial charge in [-0.25, -0.2) is 0 Å². The predicted octanol–water partition coefficient (Wildman–Crippen LogP) is 2.21. The van der Waals surface area contributed by atoms with Crippen molar-refractivity contribution in [2.45, 2.75) is 11.3 Å². The van der Waals surface area contributed by atoms with Crippen LogP contribution in [-0.2, 0) is 17.2 Å². The smallest absolute Gasteiger partial charge is 0.255 e. The molecule has 2 N–H and O–H groups in total. The van der Waals surface area contributed by atoms with Gasteiger partial charge in [0, 0.05) is 39.8 Å². The second kappa shape index (κ2) is 7.15. The fourth-order valence-electron chi connectivity index (χ4n) is 1.89. The lowest BCUT2D eigenvalue weighted by Gasteiger charge is -2.07. The minimum absolute atomic E-state index is 0.108. The number of anilines is 1. The first-order valence-electron chi connectivity index (χ1n) is 6.55. The third-order valence-electron chi connectivity index (χ3n) is 3.06. The molecule has 0 saturated heterocycles. The van der Waals surface area contributed by atoms with Crippen molar-refractivity contribution in [3.8, 4) is 0 Å². The quantitative estimate of drug-likeness (QED) is 0.890. The molecular weight excluding hydrogens is 286 g/mol. The monoisotopic (exact) mass is 303 g/mol. The highest BCUT2D eigenvalue weighted by atomic mass is 32.2. The summed E-state index contributed by atoms with van der Waals surface area (Å²) in [6, 6.07) is 14.0. The van der Waals surface area contributed by atoms with Gasteiger partial charge >= 0.3 is 0 Å². The molecular formula is C16H17NO3S. The molecule has 0 heterocycles. The van der Waals surface area contributed by atoms with Gasteiger partial charge in [-0.15, -0.1) is 0 Å². The summed E-state index contributed by atoms with van der Waals surface area (Å²) >= 11 is 0. The average Bonchev–Trinajstić information content (AvgIpc) is 2.49. The van der Waals surface area contributed by atoms with E-state index in [9.17, 15) is 9.00 Å². The number of rotatable bonds is 5. The SMILES string of the molecule is CS(=O)c1ccc(C(=O)Nc2ccc(CCO)cc2)cc1. The normalized spacial score (nSPS) is 11.9. The zero-order valence-corrected chi connectivity index (χ0v) is 12.5. The predicted molar refractivity (Wildman–Crippen MR) is 84.0 cm³/mol. The van der Waals surface area contributed by atoms with Gasteiger partial charge in [-0.05, 0) is 48.4 Å². The summed E-state index contributed by atoms with van der Waals surface area (Å²) in [5.74, 6) is -0.210. The molecule has 21 heavy (non-hydrogen) atoms. The number of hydrogen-bond donors (Lipinski definition) is 2. The van der Waals surface area contributed by atoms with Crippen molar-refractivity contribution < 1.29 is 14.1 Å². The maximum atomic E-state index is 12.1. The lowest BCUT2D eigenvalue weighted by molar-refractivity contribution is 0.102. The molecule has 1 amide bonds. The van der Waals surface area contributed by atoms with Crippen molar-refractivity contribution in [2.24, 2.45) is 0 Å². The lowest BCUT2D eigenvalue weighted by atomic mass is 10.1. The van der Waals surface area contributed by atoms with Crippen molar-refractivity contribution in [3.63, 3.8) is 0 Å². The van der Waals surface area contributed by atoms with Gasteiger partial charge in [0.25, 0.3) is 5.91 Å². The second-order valence-electron chi connectivity index (χ2n) is 4.60. The van der Waals surface area contributed by atoms with Crippen molar-refractivity contribution >= 4 is 22.4 Å². The molecule has 0 aliphatic rings. The summed E-state index contributed by atoms with van der Waals surface area (Å²) in [6.07, 6.45) is 2.20. The Hall–Kier alpha value is -1.98. The van der Waals surface area contributed by atoms with Crippen molar-refractivity contribution in [1.82, 2.24) is 0 Å². The molecule has 0 aliphatic carbocycles. The number of amides is 1. The first-order chi connectivity index (χ1) is 10.1. The highest BCUT2D eigenvalue weighted by molar-refractivity contribution is 7.84. The molecule has 110 valence electrons. The number of benzene rings is 2. The van der Waals surface area contributed by atoms with Crippen LogP contribution >= 0.6 is 0 Å². The van der Waals surface area contributed by atoms with E-state index in [2.05, 4.69) is 5.32 Å². The molecule has 1 unspecified atom stereocenters. The minimum atomic E-state index is -1.05. The van der Waals surface area contributed by atoms with Crippen LogP contribution in [0, 0.1) is 0 Å². The summed E-state index contributed by atoms with van der Waals surface area (Å²) in [7, 11) is -1.05. The Kier molecular flexibility index (Phi) is 5.25. The Bertz CT molecular complexity index is 636. The highest BCUT2D eigenvalue weighted by Gasteiger charge is 2.07. The Morgan fingerprint density at radius 3 is 2.24 bits per heavy atom. The number of carbonyl (C=O) groups is 1. The zero-order chi connectivity index (χ0) is 15.2. The number of nitrogens with one attached hydrogen (secondary N) is 1. The van der Waals surface area contributed by atoms with E-state index in [-0.39, 0.29) is 12.5 Å². The first-order valence-corrected chi connectivity index (χ1v) is 8.10. The van der Waals surface area contributed by atoms with E-state index >= 15 is 0 Å². The van der Waals surface area contributed by atoms with E-state index in [0.717, 1.165) is 5.56 Å². The van der Waals surface area contributed by atoms with Gasteiger partial charge in [0.2, 0.25) is 0 Å². The van der Waals surface area contributed by atoms with Crippen LogP contribution in [0.3, 0.4) is 0 Å². The molecule has 2 rings (SSSR count). The molecule has 1 atom stereocenters. The van der Waals surface area contributed by atoms with Gasteiger partial charge in [-0.3, -0.25) is 9.00 Å². The van der Waals surface area contributed by atoms with Crippen LogP contribution in [0.1, 0.15) is 15.9 Å². The van der Waals surface area contributed by atoms with E-state index in [0.29, 0.717) is 22.6 Å². The van der Waals surface area contributed by atoms with Gasteiger partial charge < -0.3 is 10.4 Å². The molecule has 0 saturated carbocycles. The van der Waals surface area contributed by atoms with E-state index < -0.39 is 10.8 Å². The number of aliphatic hydroxyl groups is 1. The summed E-state index contributed by atoms with van der Waals surface area (Å²) in [5, 5.41) is 11.7. The van der Waals surface area contributed by atoms with E-state index in [1.165, 1.54) is 0 Å². The zero-order valence-electron chi connectivity index (χ0n) is 11.7. The molecule has 4 nitrogen and oxygen atoms in total. The van der Waals surface area contributed by atoms with E-state index in [4.69, 9.17) is 5.11 Å². The first kappa shape index (κ1) is 15.4. The summed E-state index contributed by atoms with van der Waals surface area (Å²) in [5.41, 5.74) is 2.23. The van der Waals surface area contributed by atoms with Crippen LogP contribution in [0.5, 0.6) is 0 Å². The van der Waals surface area contributed by atoms with Crippen molar-refractivity contribution in [3.05, 3.63) is 59.7 Å². The third kappa shape index (κ3) is 4.24. The largest absolute Gasteiger partial charge is 0.396 e. The van der Waals surface area contributed by atoms with Crippen LogP contribution in [0.2, 0.25) is 0 Å². The fraction of sp³-hybridized carbons (Fsp3) is 0.188. The Balaban J connectivity index is 2.05. The molecule has 5 heteroatoms. The lowest BCUT2D eigenvalue weighted by Crippen LogP contribution is -2.11. The number of aliphatic hydroxyl groups excluding tert-OH is 1. The molecule has 2 aromatic carbocycles. The van der Waals surface area contributed by atoms with Crippen LogP contribution in [-0.4, -0.2) is 28.1 Å². The molecule has 2 aromatic rings. The molecule has 0 spiro atoms. The molecule has 0 bridgehead atoms. The van der Waals surface area contributed by atoms with Gasteiger partial charge in [-0.1, -0.05) is 12.1 Å². The van der Waals surface area contributed by atoms with Gasteiger partial charge in [-0.2, -0.15) is 0 Å². The van der Waals surface area contributed by atoms with E-state index in [1.54, 1.807) is 42.7 Å². The van der Waals surface area contributed by atoms with Crippen molar-refractivity contribution in [1.29, 1.82) is 0 Å². The van der Waals surface area contributed by atoms with E-state index in [1.807, 2.05) is 12.1 Å². The maximum absolute atomic E-state index is 12.1. The fourth-order valence-corrected chi connectivity index (χ4v) is 2.40. The number of carbonyl (C=O) groups excluding carboxylic acids is 1. The summed E-state index contributed by atoms with van der Waals surface area (Å²) in [4.78, 5) is 12.8. The molecule has 0 radical (unpaired) electrons.